The van der Waals surface area contributed by atoms with Crippen molar-refractivity contribution < 1.29 is 62.1 Å². The predicted octanol–water partition coefficient (Wildman–Crippen LogP) is 1.26. The van der Waals surface area contributed by atoms with Crippen molar-refractivity contribution in [3.05, 3.63) is 71.4 Å². The van der Waals surface area contributed by atoms with E-state index < -0.39 is 11.9 Å². The van der Waals surface area contributed by atoms with Gasteiger partial charge < -0.3 is 33.6 Å². The molecule has 0 spiro atoms. The molecule has 0 radical (unpaired) electrons. The van der Waals surface area contributed by atoms with Crippen molar-refractivity contribution in [3.8, 4) is 34.4 Å². The summed E-state index contributed by atoms with van der Waals surface area (Å²) in [5, 5.41) is 8.76. The van der Waals surface area contributed by atoms with E-state index in [2.05, 4.69) is 9.97 Å². The molecule has 0 saturated heterocycles. The number of esters is 1. The summed E-state index contributed by atoms with van der Waals surface area (Å²) in [5.74, 6) is 0.945. The fourth-order valence-corrected chi connectivity index (χ4v) is 3.85. The van der Waals surface area contributed by atoms with Crippen LogP contribution in [-0.4, -0.2) is 52.3 Å². The van der Waals surface area contributed by atoms with Crippen molar-refractivity contribution in [3.63, 3.8) is 0 Å². The second-order valence-corrected chi connectivity index (χ2v) is 7.94. The molecule has 0 amide bonds. The molecule has 2 aliphatic heterocycles. The largest absolute Gasteiger partial charge is 1.00 e. The maximum absolute atomic E-state index is 11.5. The molecule has 0 fully saturated rings. The molecule has 0 aliphatic carbocycles. The summed E-state index contributed by atoms with van der Waals surface area (Å²) in [4.78, 5) is 30.2. The molecule has 38 heavy (non-hydrogen) atoms. The zero-order chi connectivity index (χ0) is 25.1. The number of carbonyl (C=O) groups excluding carboxylic acids is 1. The van der Waals surface area contributed by atoms with Gasteiger partial charge in [-0.2, -0.15) is 0 Å². The second kappa shape index (κ2) is 12.5. The van der Waals surface area contributed by atoms with E-state index in [-0.39, 0.29) is 35.7 Å². The molecule has 2 aromatic carbocycles. The van der Waals surface area contributed by atoms with Crippen molar-refractivity contribution in [1.82, 2.24) is 9.97 Å². The van der Waals surface area contributed by atoms with Gasteiger partial charge in [-0.1, -0.05) is 0 Å². The molecule has 12 heteroatoms. The molecule has 192 valence electrons. The first kappa shape index (κ1) is 28.5. The minimum Gasteiger partial charge on any atom is -0.870 e. The van der Waals surface area contributed by atoms with Crippen molar-refractivity contribution in [2.24, 2.45) is 0 Å². The molecule has 0 saturated carbocycles. The standard InChI is InChI=1S/C14H13NO4.C12H9NO4.Li.H2O/c1-2-17-14(16)11-8-19-13(15-11)10-3-4-12-9(7-10)5-6-18-12;14-12(15)9-6-17-11(13-9)8-1-2-10-7(5-8)3-4-16-10;;/h3-4,7-8H,2,5-6H2,1H3;1-2,5-6H,3-4H2,(H,14,15);;1H2/q;;+1;/p-1. The zero-order valence-corrected chi connectivity index (χ0v) is 20.8. The minimum atomic E-state index is -1.09. The van der Waals surface area contributed by atoms with E-state index in [0.717, 1.165) is 52.9 Å². The number of fused-ring (bicyclic) bond motifs is 2. The Morgan fingerprint density at radius 1 is 0.868 bits per heavy atom. The molecule has 0 atom stereocenters. The van der Waals surface area contributed by atoms with E-state index in [1.165, 1.54) is 6.26 Å². The van der Waals surface area contributed by atoms with Gasteiger partial charge in [0.25, 0.3) is 0 Å². The van der Waals surface area contributed by atoms with Crippen molar-refractivity contribution in [2.75, 3.05) is 19.8 Å². The molecule has 0 unspecified atom stereocenters. The van der Waals surface area contributed by atoms with Crippen LogP contribution in [-0.2, 0) is 17.6 Å². The first-order chi connectivity index (χ1) is 17.5. The predicted molar refractivity (Wildman–Crippen MR) is 127 cm³/mol. The Balaban J connectivity index is 0.000000201. The van der Waals surface area contributed by atoms with Gasteiger partial charge >= 0.3 is 30.8 Å². The third kappa shape index (κ3) is 6.08. The number of rotatable bonds is 5. The molecule has 0 bridgehead atoms. The van der Waals surface area contributed by atoms with Gasteiger partial charge in [-0.15, -0.1) is 0 Å². The van der Waals surface area contributed by atoms with Crippen LogP contribution < -0.4 is 28.3 Å². The van der Waals surface area contributed by atoms with Crippen LogP contribution in [0.25, 0.3) is 22.9 Å². The normalized spacial score (nSPS) is 12.3. The van der Waals surface area contributed by atoms with Crippen LogP contribution >= 0.6 is 0 Å². The Morgan fingerprint density at radius 2 is 1.37 bits per heavy atom. The number of oxazole rings is 2. The minimum absolute atomic E-state index is 0. The Hall–Kier alpha value is -4.04. The summed E-state index contributed by atoms with van der Waals surface area (Å²) in [6.07, 6.45) is 4.20. The van der Waals surface area contributed by atoms with Gasteiger partial charge in [-0.05, 0) is 54.4 Å². The molecular weight excluding hydrogens is 491 g/mol. The number of carboxylic acids is 1. The third-order valence-corrected chi connectivity index (χ3v) is 5.58. The van der Waals surface area contributed by atoms with Crippen molar-refractivity contribution >= 4 is 11.9 Å². The monoisotopic (exact) mass is 514 g/mol. The topological polar surface area (TPSA) is 164 Å². The van der Waals surface area contributed by atoms with Crippen LogP contribution in [0.15, 0.2) is 57.8 Å². The number of ether oxygens (including phenoxy) is 3. The van der Waals surface area contributed by atoms with E-state index in [1.807, 2.05) is 36.4 Å². The Labute approximate surface area is 229 Å². The number of carbonyl (C=O) groups is 2. The Morgan fingerprint density at radius 3 is 1.84 bits per heavy atom. The van der Waals surface area contributed by atoms with E-state index >= 15 is 0 Å². The van der Waals surface area contributed by atoms with Crippen LogP contribution in [0.3, 0.4) is 0 Å². The molecule has 6 rings (SSSR count). The average molecular weight is 514 g/mol. The first-order valence-corrected chi connectivity index (χ1v) is 11.4. The van der Waals surface area contributed by atoms with Gasteiger partial charge in [0.1, 0.15) is 24.0 Å². The van der Waals surface area contributed by atoms with Gasteiger partial charge in [-0.25, -0.2) is 19.6 Å². The maximum Gasteiger partial charge on any atom is 1.00 e. The Kier molecular flexibility index (Phi) is 9.36. The molecule has 2 aromatic heterocycles. The maximum atomic E-state index is 11.5. The molecule has 4 aromatic rings. The van der Waals surface area contributed by atoms with E-state index in [0.29, 0.717) is 31.6 Å². The summed E-state index contributed by atoms with van der Waals surface area (Å²) < 4.78 is 26.2. The van der Waals surface area contributed by atoms with Crippen molar-refractivity contribution in [1.29, 1.82) is 0 Å². The van der Waals surface area contributed by atoms with Gasteiger partial charge in [0.15, 0.2) is 11.4 Å². The summed E-state index contributed by atoms with van der Waals surface area (Å²) in [7, 11) is 0. The SMILES string of the molecule is CCOC(=O)c1coc(-c2ccc3c(c2)CCO3)n1.O=C(O)c1coc(-c2ccc3c(c2)CCO3)n1.[Li+].[OH-]. The van der Waals surface area contributed by atoms with Gasteiger partial charge in [0.05, 0.1) is 19.8 Å². The number of hydrogen-bond acceptors (Lipinski definition) is 10. The van der Waals surface area contributed by atoms with Crippen LogP contribution in [0.5, 0.6) is 11.5 Å². The fourth-order valence-electron chi connectivity index (χ4n) is 3.85. The summed E-state index contributed by atoms with van der Waals surface area (Å²) in [6, 6.07) is 11.3. The number of hydrogen-bond donors (Lipinski definition) is 1. The van der Waals surface area contributed by atoms with Crippen LogP contribution in [0, 0.1) is 0 Å². The molecule has 2 aliphatic rings. The summed E-state index contributed by atoms with van der Waals surface area (Å²) in [6.45, 7) is 3.46. The fraction of sp³-hybridized carbons (Fsp3) is 0.231. The van der Waals surface area contributed by atoms with Gasteiger partial charge in [0.2, 0.25) is 11.8 Å². The molecule has 11 nitrogen and oxygen atoms in total. The average Bonchev–Trinajstić information content (AvgIpc) is 3.69. The number of carboxylic acid groups (broad SMARTS) is 1. The van der Waals surface area contributed by atoms with Gasteiger partial charge in [0, 0.05) is 24.0 Å². The smallest absolute Gasteiger partial charge is 0.870 e. The zero-order valence-electron chi connectivity index (χ0n) is 20.8. The molecule has 2 N–H and O–H groups in total. The summed E-state index contributed by atoms with van der Waals surface area (Å²) >= 11 is 0. The number of aromatic nitrogens is 2. The number of aromatic carboxylic acids is 1. The third-order valence-electron chi connectivity index (χ3n) is 5.58. The van der Waals surface area contributed by atoms with Crippen LogP contribution in [0.1, 0.15) is 39.0 Å². The van der Waals surface area contributed by atoms with E-state index in [9.17, 15) is 9.59 Å². The number of nitrogens with zero attached hydrogens (tertiary/aromatic N) is 2. The Bertz CT molecular complexity index is 1430. The van der Waals surface area contributed by atoms with E-state index in [4.69, 9.17) is 28.2 Å². The molecule has 4 heterocycles. The molecular formula is C26H23LiN2O9. The van der Waals surface area contributed by atoms with Crippen LogP contribution in [0.2, 0.25) is 0 Å². The van der Waals surface area contributed by atoms with Crippen LogP contribution in [0.4, 0.5) is 0 Å². The van der Waals surface area contributed by atoms with Gasteiger partial charge in [-0.3, -0.25) is 0 Å². The van der Waals surface area contributed by atoms with E-state index in [1.54, 1.807) is 6.92 Å². The quantitative estimate of drug-likeness (QED) is 0.301. The van der Waals surface area contributed by atoms with Crippen molar-refractivity contribution in [2.45, 2.75) is 19.8 Å². The number of benzene rings is 2. The summed E-state index contributed by atoms with van der Waals surface area (Å²) in [5.41, 5.74) is 3.93. The second-order valence-electron chi connectivity index (χ2n) is 7.94. The first-order valence-electron chi connectivity index (χ1n) is 11.4.